The minimum atomic E-state index is 0.0757. The number of aliphatic imine (C=N–C) groups is 1. The Balaban J connectivity index is 1.70. The fourth-order valence-corrected chi connectivity index (χ4v) is 3.02. The number of likely N-dealkylation sites (tertiary alicyclic amines) is 1. The molecular weight excluding hydrogens is 300 g/mol. The lowest BCUT2D eigenvalue weighted by Crippen LogP contribution is -2.43. The van der Waals surface area contributed by atoms with Crippen LogP contribution >= 0.6 is 0 Å². The molecule has 5 nitrogen and oxygen atoms in total. The van der Waals surface area contributed by atoms with Gasteiger partial charge in [-0.05, 0) is 50.9 Å². The largest absolute Gasteiger partial charge is 0.489 e. The number of nitrogens with zero attached hydrogens (tertiary/aromatic N) is 2. The first-order valence-electron chi connectivity index (χ1n) is 9.01. The number of aryl methyl sites for hydroxylation is 1. The predicted molar refractivity (Wildman–Crippen MR) is 101 cm³/mol. The Hall–Kier alpha value is -1.75. The Morgan fingerprint density at radius 2 is 2.17 bits per heavy atom. The van der Waals surface area contributed by atoms with Crippen LogP contribution in [-0.4, -0.2) is 56.7 Å². The highest BCUT2D eigenvalue weighted by atomic mass is 16.5. The molecule has 1 saturated heterocycles. The highest BCUT2D eigenvalue weighted by molar-refractivity contribution is 5.79. The third kappa shape index (κ3) is 5.71. The highest BCUT2D eigenvalue weighted by Crippen LogP contribution is 2.17. The van der Waals surface area contributed by atoms with Gasteiger partial charge in [-0.15, -0.1) is 0 Å². The molecule has 0 radical (unpaired) electrons. The van der Waals surface area contributed by atoms with Gasteiger partial charge in [0.1, 0.15) is 11.9 Å². The summed E-state index contributed by atoms with van der Waals surface area (Å²) in [5.41, 5.74) is 1.16. The molecule has 2 N–H and O–H groups in total. The van der Waals surface area contributed by atoms with Gasteiger partial charge in [0.05, 0.1) is 6.54 Å². The van der Waals surface area contributed by atoms with Crippen molar-refractivity contribution in [1.29, 1.82) is 0 Å². The summed E-state index contributed by atoms with van der Waals surface area (Å²) in [4.78, 5) is 6.81. The van der Waals surface area contributed by atoms with Crippen molar-refractivity contribution in [2.45, 2.75) is 33.3 Å². The van der Waals surface area contributed by atoms with E-state index in [0.717, 1.165) is 36.9 Å². The van der Waals surface area contributed by atoms with Gasteiger partial charge >= 0.3 is 0 Å². The summed E-state index contributed by atoms with van der Waals surface area (Å²) in [6.07, 6.45) is 1.34. The van der Waals surface area contributed by atoms with Gasteiger partial charge in [-0.2, -0.15) is 0 Å². The van der Waals surface area contributed by atoms with Crippen LogP contribution in [0.4, 0.5) is 0 Å². The quantitative estimate of drug-likeness (QED) is 0.594. The lowest BCUT2D eigenvalue weighted by molar-refractivity contribution is 0.222. The molecule has 2 unspecified atom stereocenters. The van der Waals surface area contributed by atoms with E-state index in [4.69, 9.17) is 4.74 Å². The van der Waals surface area contributed by atoms with Crippen LogP contribution in [0.15, 0.2) is 29.3 Å². The van der Waals surface area contributed by atoms with Crippen molar-refractivity contribution in [2.24, 2.45) is 10.9 Å². The van der Waals surface area contributed by atoms with Gasteiger partial charge in [-0.1, -0.05) is 25.1 Å². The molecule has 0 aliphatic carbocycles. The second kappa shape index (κ2) is 9.52. The smallest absolute Gasteiger partial charge is 0.191 e. The van der Waals surface area contributed by atoms with E-state index in [1.54, 1.807) is 0 Å². The van der Waals surface area contributed by atoms with E-state index < -0.39 is 0 Å². The fraction of sp³-hybridized carbons (Fsp3) is 0.632. The molecule has 1 heterocycles. The summed E-state index contributed by atoms with van der Waals surface area (Å²) in [7, 11) is 1.81. The minimum Gasteiger partial charge on any atom is -0.489 e. The van der Waals surface area contributed by atoms with Crippen LogP contribution in [0.3, 0.4) is 0 Å². The molecule has 0 saturated carbocycles. The summed E-state index contributed by atoms with van der Waals surface area (Å²) in [6, 6.07) is 8.11. The summed E-state index contributed by atoms with van der Waals surface area (Å²) >= 11 is 0. The molecule has 0 aromatic heterocycles. The van der Waals surface area contributed by atoms with Crippen molar-refractivity contribution in [1.82, 2.24) is 15.5 Å². The minimum absolute atomic E-state index is 0.0757. The number of guanidine groups is 1. The number of para-hydroxylation sites is 1. The van der Waals surface area contributed by atoms with Gasteiger partial charge in [0.25, 0.3) is 0 Å². The Labute approximate surface area is 146 Å². The molecule has 1 aliphatic heterocycles. The zero-order chi connectivity index (χ0) is 17.4. The van der Waals surface area contributed by atoms with Crippen molar-refractivity contribution in [2.75, 3.05) is 39.8 Å². The molecule has 24 heavy (non-hydrogen) atoms. The Bertz CT molecular complexity index is 532. The van der Waals surface area contributed by atoms with E-state index in [9.17, 15) is 0 Å². The van der Waals surface area contributed by atoms with E-state index in [2.05, 4.69) is 47.4 Å². The van der Waals surface area contributed by atoms with E-state index in [1.807, 2.05) is 25.2 Å². The Kier molecular flexibility index (Phi) is 7.37. The Morgan fingerprint density at radius 1 is 1.38 bits per heavy atom. The number of benzene rings is 1. The molecule has 0 spiro atoms. The van der Waals surface area contributed by atoms with Gasteiger partial charge in [-0.25, -0.2) is 0 Å². The number of rotatable bonds is 7. The van der Waals surface area contributed by atoms with Gasteiger partial charge in [-0.3, -0.25) is 4.99 Å². The van der Waals surface area contributed by atoms with Crippen molar-refractivity contribution in [3.8, 4) is 5.75 Å². The number of nitrogens with one attached hydrogen (secondary N) is 2. The van der Waals surface area contributed by atoms with Crippen LogP contribution in [0.5, 0.6) is 5.75 Å². The van der Waals surface area contributed by atoms with Crippen molar-refractivity contribution in [3.05, 3.63) is 29.8 Å². The maximum Gasteiger partial charge on any atom is 0.191 e. The first-order chi connectivity index (χ1) is 11.6. The maximum atomic E-state index is 5.99. The van der Waals surface area contributed by atoms with Crippen molar-refractivity contribution < 1.29 is 4.74 Å². The van der Waals surface area contributed by atoms with Gasteiger partial charge in [0.15, 0.2) is 5.96 Å². The van der Waals surface area contributed by atoms with Crippen molar-refractivity contribution in [3.63, 3.8) is 0 Å². The molecule has 5 heteroatoms. The lowest BCUT2D eigenvalue weighted by Gasteiger charge is -2.20. The number of hydrogen-bond acceptors (Lipinski definition) is 3. The fourth-order valence-electron chi connectivity index (χ4n) is 3.02. The monoisotopic (exact) mass is 332 g/mol. The van der Waals surface area contributed by atoms with Gasteiger partial charge < -0.3 is 20.3 Å². The second-order valence-corrected chi connectivity index (χ2v) is 6.58. The van der Waals surface area contributed by atoms with Crippen LogP contribution in [0, 0.1) is 12.8 Å². The molecule has 2 rings (SSSR count). The average Bonchev–Trinajstić information content (AvgIpc) is 3.05. The van der Waals surface area contributed by atoms with Crippen LogP contribution in [0.1, 0.15) is 25.8 Å². The topological polar surface area (TPSA) is 48.9 Å². The number of hydrogen-bond donors (Lipinski definition) is 2. The van der Waals surface area contributed by atoms with Gasteiger partial charge in [0, 0.05) is 20.1 Å². The first-order valence-corrected chi connectivity index (χ1v) is 9.01. The summed E-state index contributed by atoms with van der Waals surface area (Å²) in [5, 5.41) is 6.80. The Morgan fingerprint density at radius 3 is 2.83 bits per heavy atom. The first kappa shape index (κ1) is 18.6. The van der Waals surface area contributed by atoms with E-state index in [1.165, 1.54) is 19.5 Å². The molecule has 2 atom stereocenters. The van der Waals surface area contributed by atoms with Crippen LogP contribution in [0.2, 0.25) is 0 Å². The second-order valence-electron chi connectivity index (χ2n) is 6.58. The van der Waals surface area contributed by atoms with Crippen LogP contribution < -0.4 is 15.4 Å². The standard InChI is InChI=1S/C19H32N4O/c1-5-23-11-10-17(14-23)13-22-19(20-4)21-12-16(3)24-18-9-7-6-8-15(18)2/h6-9,16-17H,5,10-14H2,1-4H3,(H2,20,21,22). The normalized spacial score (nSPS) is 20.0. The molecule has 0 bridgehead atoms. The maximum absolute atomic E-state index is 5.99. The van der Waals surface area contributed by atoms with Crippen molar-refractivity contribution >= 4 is 5.96 Å². The highest BCUT2D eigenvalue weighted by Gasteiger charge is 2.21. The predicted octanol–water partition coefficient (Wildman–Crippen LogP) is 2.27. The summed E-state index contributed by atoms with van der Waals surface area (Å²) < 4.78 is 5.99. The molecule has 1 aromatic rings. The third-order valence-electron chi connectivity index (χ3n) is 4.58. The SMILES string of the molecule is CCN1CCC(CNC(=NC)NCC(C)Oc2ccccc2C)C1. The lowest BCUT2D eigenvalue weighted by atomic mass is 10.1. The van der Waals surface area contributed by atoms with Gasteiger partial charge in [0.2, 0.25) is 0 Å². The average molecular weight is 332 g/mol. The van der Waals surface area contributed by atoms with E-state index in [0.29, 0.717) is 5.92 Å². The third-order valence-corrected chi connectivity index (χ3v) is 4.58. The molecule has 0 amide bonds. The zero-order valence-electron chi connectivity index (χ0n) is 15.5. The molecule has 134 valence electrons. The molecule has 1 aromatic carbocycles. The molecular formula is C19H32N4O. The molecule has 1 fully saturated rings. The zero-order valence-corrected chi connectivity index (χ0v) is 15.5. The summed E-state index contributed by atoms with van der Waals surface area (Å²) in [6.45, 7) is 11.6. The van der Waals surface area contributed by atoms with E-state index >= 15 is 0 Å². The number of ether oxygens (including phenoxy) is 1. The molecule has 1 aliphatic rings. The van der Waals surface area contributed by atoms with Crippen LogP contribution in [-0.2, 0) is 0 Å². The summed E-state index contributed by atoms with van der Waals surface area (Å²) in [5.74, 6) is 2.51. The van der Waals surface area contributed by atoms with Crippen LogP contribution in [0.25, 0.3) is 0 Å². The van der Waals surface area contributed by atoms with E-state index in [-0.39, 0.29) is 6.10 Å².